The molecule has 1 aliphatic rings. The van der Waals surface area contributed by atoms with Crippen LogP contribution in [0, 0.1) is 18.6 Å². The van der Waals surface area contributed by atoms with Crippen molar-refractivity contribution in [1.29, 1.82) is 0 Å². The second kappa shape index (κ2) is 9.74. The molecular formula is C29H26F2N2O2. The Morgan fingerprint density at radius 2 is 1.89 bits per heavy atom. The Hall–Kier alpha value is -3.93. The maximum atomic E-state index is 14.1. The maximum Gasteiger partial charge on any atom is 0.247 e. The highest BCUT2D eigenvalue weighted by Gasteiger charge is 2.18. The second-order valence-corrected chi connectivity index (χ2v) is 8.85. The van der Waals surface area contributed by atoms with Gasteiger partial charge in [0.2, 0.25) is 5.91 Å². The first-order valence-electron chi connectivity index (χ1n) is 11.7. The molecule has 0 aliphatic heterocycles. The van der Waals surface area contributed by atoms with Crippen LogP contribution in [-0.2, 0) is 24.2 Å². The molecule has 0 bridgehead atoms. The number of rotatable bonds is 7. The molecule has 178 valence electrons. The van der Waals surface area contributed by atoms with Gasteiger partial charge in [0, 0.05) is 29.3 Å². The molecular weight excluding hydrogens is 446 g/mol. The lowest BCUT2D eigenvalue weighted by atomic mass is 9.91. The highest BCUT2D eigenvalue weighted by atomic mass is 19.1. The van der Waals surface area contributed by atoms with Crippen molar-refractivity contribution in [2.45, 2.75) is 32.8 Å². The molecule has 4 nitrogen and oxygen atoms in total. The zero-order valence-electron chi connectivity index (χ0n) is 19.5. The van der Waals surface area contributed by atoms with Crippen LogP contribution in [0.4, 0.5) is 8.78 Å². The Bertz CT molecular complexity index is 1420. The molecule has 1 amide bonds. The van der Waals surface area contributed by atoms with Crippen molar-refractivity contribution in [3.05, 3.63) is 106 Å². The Labute approximate surface area is 202 Å². The van der Waals surface area contributed by atoms with Crippen LogP contribution in [-0.4, -0.2) is 17.4 Å². The van der Waals surface area contributed by atoms with Crippen LogP contribution in [0.15, 0.2) is 66.2 Å². The normalized spacial score (nSPS) is 12.8. The smallest absolute Gasteiger partial charge is 0.247 e. The van der Waals surface area contributed by atoms with Crippen LogP contribution >= 0.6 is 0 Å². The number of aromatic amines is 1. The number of carbonyl (C=O) groups excluding carboxylic acids is 1. The van der Waals surface area contributed by atoms with Gasteiger partial charge in [-0.15, -0.1) is 0 Å². The van der Waals surface area contributed by atoms with E-state index in [-0.39, 0.29) is 5.91 Å². The van der Waals surface area contributed by atoms with E-state index in [2.05, 4.69) is 16.4 Å². The van der Waals surface area contributed by atoms with E-state index < -0.39 is 11.6 Å². The molecule has 5 rings (SSSR count). The van der Waals surface area contributed by atoms with E-state index in [4.69, 9.17) is 4.74 Å². The molecule has 0 saturated heterocycles. The number of hydrogen-bond donors (Lipinski definition) is 2. The molecule has 0 atom stereocenters. The van der Waals surface area contributed by atoms with Gasteiger partial charge in [-0.25, -0.2) is 8.78 Å². The zero-order chi connectivity index (χ0) is 24.4. The summed E-state index contributed by atoms with van der Waals surface area (Å²) in [5.74, 6) is -0.588. The molecule has 0 saturated carbocycles. The molecule has 3 aromatic carbocycles. The number of nitrogens with one attached hydrogen (secondary N) is 2. The molecule has 2 N–H and O–H groups in total. The van der Waals surface area contributed by atoms with Crippen LogP contribution in [0.25, 0.3) is 17.0 Å². The topological polar surface area (TPSA) is 54.1 Å². The first-order chi connectivity index (χ1) is 17.0. The fourth-order valence-corrected chi connectivity index (χ4v) is 4.61. The van der Waals surface area contributed by atoms with Gasteiger partial charge in [0.25, 0.3) is 0 Å². The number of ether oxygens (including phenoxy) is 1. The van der Waals surface area contributed by atoms with Crippen molar-refractivity contribution in [3.8, 4) is 5.75 Å². The summed E-state index contributed by atoms with van der Waals surface area (Å²) in [4.78, 5) is 15.8. The van der Waals surface area contributed by atoms with Crippen molar-refractivity contribution in [3.63, 3.8) is 0 Å². The average molecular weight is 473 g/mol. The standard InChI is InChI=1S/C29H26F2N2O2/c1-18-25(26-15-23(30)16-27(31)28(26)33-18)11-12-32-29(34)21-8-7-20-9-10-24(14-22(20)13-21)35-17-19-5-3-2-4-6-19/h2-6,9-10,13-16,33H,7-8,11-12,17H2,1H3,(H,32,34). The van der Waals surface area contributed by atoms with E-state index >= 15 is 0 Å². The molecule has 4 aromatic rings. The van der Waals surface area contributed by atoms with Crippen LogP contribution in [0.2, 0.25) is 0 Å². The molecule has 6 heteroatoms. The SMILES string of the molecule is Cc1[nH]c2c(F)cc(F)cc2c1CCNC(=O)C1=Cc2cc(OCc3ccccc3)ccc2CC1. The monoisotopic (exact) mass is 472 g/mol. The van der Waals surface area contributed by atoms with Crippen molar-refractivity contribution in [1.82, 2.24) is 10.3 Å². The minimum absolute atomic E-state index is 0.124. The maximum absolute atomic E-state index is 14.1. The van der Waals surface area contributed by atoms with Crippen molar-refractivity contribution in [2.24, 2.45) is 0 Å². The van der Waals surface area contributed by atoms with Gasteiger partial charge in [-0.05, 0) is 72.7 Å². The first-order valence-corrected chi connectivity index (χ1v) is 11.7. The van der Waals surface area contributed by atoms with Gasteiger partial charge in [-0.1, -0.05) is 36.4 Å². The largest absolute Gasteiger partial charge is 0.489 e. The van der Waals surface area contributed by atoms with Crippen molar-refractivity contribution >= 4 is 22.9 Å². The molecule has 0 unspecified atom stereocenters. The van der Waals surface area contributed by atoms with Gasteiger partial charge in [0.15, 0.2) is 0 Å². The van der Waals surface area contributed by atoms with Crippen LogP contribution in [0.3, 0.4) is 0 Å². The minimum atomic E-state index is -0.614. The number of aromatic nitrogens is 1. The minimum Gasteiger partial charge on any atom is -0.489 e. The Morgan fingerprint density at radius 3 is 2.71 bits per heavy atom. The Kier molecular flexibility index (Phi) is 6.36. The third-order valence-corrected chi connectivity index (χ3v) is 6.46. The summed E-state index contributed by atoms with van der Waals surface area (Å²) >= 11 is 0. The van der Waals surface area contributed by atoms with Crippen molar-refractivity contribution in [2.75, 3.05) is 6.54 Å². The van der Waals surface area contributed by atoms with Crippen LogP contribution in [0.1, 0.15) is 34.4 Å². The summed E-state index contributed by atoms with van der Waals surface area (Å²) in [6.07, 6.45) is 3.84. The molecule has 1 aromatic heterocycles. The number of H-pyrrole nitrogens is 1. The van der Waals surface area contributed by atoms with Crippen LogP contribution in [0.5, 0.6) is 5.75 Å². The van der Waals surface area contributed by atoms with E-state index in [1.807, 2.05) is 55.5 Å². The molecule has 0 radical (unpaired) electrons. The lowest BCUT2D eigenvalue weighted by molar-refractivity contribution is -0.117. The predicted molar refractivity (Wildman–Crippen MR) is 133 cm³/mol. The Balaban J connectivity index is 1.24. The third-order valence-electron chi connectivity index (χ3n) is 6.46. The summed E-state index contributed by atoms with van der Waals surface area (Å²) in [6, 6.07) is 18.2. The molecule has 1 aliphatic carbocycles. The summed E-state index contributed by atoms with van der Waals surface area (Å²) in [5.41, 5.74) is 5.86. The van der Waals surface area contributed by atoms with Gasteiger partial charge in [0.1, 0.15) is 24.0 Å². The van der Waals surface area contributed by atoms with E-state index in [1.165, 1.54) is 11.6 Å². The summed E-state index contributed by atoms with van der Waals surface area (Å²) in [6.45, 7) is 2.68. The number of aryl methyl sites for hydroxylation is 2. The van der Waals surface area contributed by atoms with Crippen molar-refractivity contribution < 1.29 is 18.3 Å². The summed E-state index contributed by atoms with van der Waals surface area (Å²) in [5, 5.41) is 3.48. The zero-order valence-corrected chi connectivity index (χ0v) is 19.5. The lowest BCUT2D eigenvalue weighted by Crippen LogP contribution is -2.28. The fraction of sp³-hybridized carbons (Fsp3) is 0.207. The molecule has 35 heavy (non-hydrogen) atoms. The van der Waals surface area contributed by atoms with Gasteiger partial charge >= 0.3 is 0 Å². The number of hydrogen-bond acceptors (Lipinski definition) is 2. The van der Waals surface area contributed by atoms with Crippen LogP contribution < -0.4 is 10.1 Å². The molecule has 0 spiro atoms. The van der Waals surface area contributed by atoms with Gasteiger partial charge in [-0.3, -0.25) is 4.79 Å². The third kappa shape index (κ3) is 4.97. The number of amides is 1. The number of benzene rings is 3. The quantitative estimate of drug-likeness (QED) is 0.346. The van der Waals surface area contributed by atoms with Gasteiger partial charge in [0.05, 0.1) is 5.52 Å². The number of fused-ring (bicyclic) bond motifs is 2. The lowest BCUT2D eigenvalue weighted by Gasteiger charge is -2.17. The second-order valence-electron chi connectivity index (χ2n) is 8.85. The predicted octanol–water partition coefficient (Wildman–Crippen LogP) is 6.02. The van der Waals surface area contributed by atoms with Gasteiger partial charge in [-0.2, -0.15) is 0 Å². The van der Waals surface area contributed by atoms with E-state index in [1.54, 1.807) is 0 Å². The average Bonchev–Trinajstić information content (AvgIpc) is 3.18. The molecule has 0 fully saturated rings. The first kappa shape index (κ1) is 22.8. The highest BCUT2D eigenvalue weighted by Crippen LogP contribution is 2.29. The van der Waals surface area contributed by atoms with Gasteiger partial charge < -0.3 is 15.0 Å². The Morgan fingerprint density at radius 1 is 1.06 bits per heavy atom. The fourth-order valence-electron chi connectivity index (χ4n) is 4.61. The number of carbonyl (C=O) groups is 1. The van der Waals surface area contributed by atoms with E-state index in [9.17, 15) is 13.6 Å². The van der Waals surface area contributed by atoms with E-state index in [0.717, 1.165) is 40.6 Å². The summed E-state index contributed by atoms with van der Waals surface area (Å²) in [7, 11) is 0. The molecule has 1 heterocycles. The number of halogens is 2. The van der Waals surface area contributed by atoms with E-state index in [0.29, 0.717) is 42.5 Å². The summed E-state index contributed by atoms with van der Waals surface area (Å²) < 4.78 is 33.7. The highest BCUT2D eigenvalue weighted by molar-refractivity contribution is 5.98.